The Hall–Kier alpha value is 4.03. The molecule has 7 nitrogen and oxygen atoms in total. The van der Waals surface area contributed by atoms with E-state index >= 15 is 0 Å². The largest absolute Gasteiger partial charge is 4.00 e. The summed E-state index contributed by atoms with van der Waals surface area (Å²) in [5.41, 5.74) is 0. The molecule has 0 aromatic rings. The Kier molecular flexibility index (Phi) is 2430. The van der Waals surface area contributed by atoms with Crippen molar-refractivity contribution >= 4 is 0 Å². The number of hydrogen-bond donors (Lipinski definition) is 0. The van der Waals surface area contributed by atoms with E-state index in [0.717, 1.165) is 0 Å². The molecule has 0 aliphatic heterocycles. The molecule has 0 radical (unpaired) electrons. The van der Waals surface area contributed by atoms with Crippen molar-refractivity contribution in [3.63, 3.8) is 0 Å². The second-order valence-corrected chi connectivity index (χ2v) is 0. The Balaban J connectivity index is 0. The van der Waals surface area contributed by atoms with E-state index in [-0.39, 0.29) is 167 Å². The van der Waals surface area contributed by atoms with Crippen molar-refractivity contribution in [2.45, 2.75) is 0 Å². The Morgan fingerprint density at radius 2 is 0.273 bits per heavy atom. The summed E-state index contributed by atoms with van der Waals surface area (Å²) in [5, 5.41) is 0. The molecule has 0 amide bonds. The van der Waals surface area contributed by atoms with Crippen molar-refractivity contribution in [2.24, 2.45) is 0 Å². The first-order valence-corrected chi connectivity index (χ1v) is 0. The second-order valence-electron chi connectivity index (χ2n) is 0. The van der Waals surface area contributed by atoms with Crippen molar-refractivity contribution in [3.05, 3.63) is 0 Å². The van der Waals surface area contributed by atoms with Gasteiger partial charge in [0.15, 0.2) is 0 Å². The molecular weight excluding hydrogens is 787 g/mol. The van der Waals surface area contributed by atoms with Crippen LogP contribution in [-0.2, 0) is 90.0 Å². The predicted molar refractivity (Wildman–Crippen MR) is 4.81 cm³/mol. The molecule has 11 heavy (non-hydrogen) atoms. The molecular formula is Hf2O7Tb2. The first kappa shape index (κ1) is 182. The van der Waals surface area contributed by atoms with E-state index in [9.17, 15) is 0 Å². The maximum atomic E-state index is 0. The van der Waals surface area contributed by atoms with Gasteiger partial charge in [0.1, 0.15) is 0 Å². The fourth-order valence-corrected chi connectivity index (χ4v) is 0. The van der Waals surface area contributed by atoms with E-state index in [1.165, 1.54) is 0 Å². The zero-order valence-electron chi connectivity index (χ0n) is 4.52. The van der Waals surface area contributed by atoms with Crippen LogP contribution in [-0.4, -0.2) is 0 Å². The van der Waals surface area contributed by atoms with Gasteiger partial charge in [-0.2, -0.15) is 0 Å². The van der Waals surface area contributed by atoms with Gasteiger partial charge in [0.2, 0.25) is 0 Å². The third-order valence-electron chi connectivity index (χ3n) is 0. The predicted octanol–water partition coefficient (Wildman–Crippen LogP) is -0.837. The topological polar surface area (TPSA) is 200 Å². The van der Waals surface area contributed by atoms with Crippen LogP contribution in [0.25, 0.3) is 0 Å². The van der Waals surface area contributed by atoms with Crippen LogP contribution in [0.4, 0.5) is 0 Å². The van der Waals surface area contributed by atoms with Crippen LogP contribution in [0.2, 0.25) is 0 Å². The van der Waals surface area contributed by atoms with Gasteiger partial charge >= 0.3 is 129 Å². The van der Waals surface area contributed by atoms with Gasteiger partial charge in [0.05, 0.1) is 0 Å². The van der Waals surface area contributed by atoms with Gasteiger partial charge in [-0.3, -0.25) is 0 Å². The first-order chi connectivity index (χ1) is 0. The van der Waals surface area contributed by atoms with E-state index < -0.39 is 0 Å². The van der Waals surface area contributed by atoms with Gasteiger partial charge in [-0.1, -0.05) is 0 Å². The Morgan fingerprint density at radius 1 is 0.273 bits per heavy atom. The molecule has 0 unspecified atom stereocenters. The van der Waals surface area contributed by atoms with E-state index in [1.807, 2.05) is 0 Å². The third kappa shape index (κ3) is 125. The van der Waals surface area contributed by atoms with Crippen LogP contribution in [0.15, 0.2) is 0 Å². The molecule has 0 atom stereocenters. The third-order valence-corrected chi connectivity index (χ3v) is 0. The van der Waals surface area contributed by atoms with Crippen molar-refractivity contribution < 1.29 is 167 Å². The van der Waals surface area contributed by atoms with Gasteiger partial charge < -0.3 is 38.3 Å². The molecule has 0 heterocycles. The van der Waals surface area contributed by atoms with Gasteiger partial charge in [-0.25, -0.2) is 0 Å². The summed E-state index contributed by atoms with van der Waals surface area (Å²) >= 11 is 0. The molecule has 0 rings (SSSR count). The zero-order chi connectivity index (χ0) is 0. The molecule has 0 aliphatic carbocycles. The molecule has 0 bridgehead atoms. The average molecular weight is 787 g/mol. The zero-order valence-corrected chi connectivity index (χ0v) is 16.0. The molecule has 0 aromatic heterocycles. The minimum atomic E-state index is 0. The Bertz CT molecular complexity index is 14.4. The minimum absolute atomic E-state index is 0. The summed E-state index contributed by atoms with van der Waals surface area (Å²) in [6.45, 7) is 0. The minimum Gasteiger partial charge on any atom is -2.00 e. The van der Waals surface area contributed by atoms with E-state index in [1.54, 1.807) is 0 Å². The van der Waals surface area contributed by atoms with Crippen LogP contribution in [0.5, 0.6) is 0 Å². The van der Waals surface area contributed by atoms with E-state index in [2.05, 4.69) is 0 Å². The maximum Gasteiger partial charge on any atom is 4.00 e. The summed E-state index contributed by atoms with van der Waals surface area (Å²) in [5.74, 6) is 0. The number of hydrogen-bond acceptors (Lipinski definition) is 0. The van der Waals surface area contributed by atoms with Gasteiger partial charge in [0, 0.05) is 0 Å². The van der Waals surface area contributed by atoms with Gasteiger partial charge in [-0.15, -0.1) is 0 Å². The maximum absolute atomic E-state index is 0. The standard InChI is InChI=1S/2Hf.7O.2Tb/q2*+4;7*-2;2*+3. The van der Waals surface area contributed by atoms with Crippen molar-refractivity contribution in [1.82, 2.24) is 0 Å². The number of rotatable bonds is 0. The molecule has 0 fully saturated rings. The molecule has 0 spiro atoms. The molecule has 11 heteroatoms. The second kappa shape index (κ2) is 147. The molecule has 0 aromatic carbocycles. The van der Waals surface area contributed by atoms with Crippen molar-refractivity contribution in [3.8, 4) is 0 Å². The SMILES string of the molecule is [Hf+4].[Hf+4].[O-2].[O-2].[O-2].[O-2].[O-2].[O-2].[O-2].[Tb+3].[Tb+3]. The molecule has 68 valence electrons. The summed E-state index contributed by atoms with van der Waals surface area (Å²) in [6.07, 6.45) is 0. The Labute approximate surface area is 163 Å². The monoisotopic (exact) mass is 790 g/mol. The van der Waals surface area contributed by atoms with Gasteiger partial charge in [0.25, 0.3) is 0 Å². The quantitative estimate of drug-likeness (QED) is 0.277. The van der Waals surface area contributed by atoms with Crippen LogP contribution in [0.1, 0.15) is 0 Å². The smallest absolute Gasteiger partial charge is 2.00 e. The van der Waals surface area contributed by atoms with E-state index in [0.29, 0.717) is 0 Å². The summed E-state index contributed by atoms with van der Waals surface area (Å²) in [6, 6.07) is 0. The normalized spacial score (nSPS) is 0. The summed E-state index contributed by atoms with van der Waals surface area (Å²) in [4.78, 5) is 0. The Morgan fingerprint density at radius 3 is 0.273 bits per heavy atom. The van der Waals surface area contributed by atoms with Crippen LogP contribution < -0.4 is 0 Å². The van der Waals surface area contributed by atoms with Crippen LogP contribution in [0.3, 0.4) is 0 Å². The van der Waals surface area contributed by atoms with Gasteiger partial charge in [-0.05, 0) is 0 Å². The average Bonchev–Trinajstić information content (AvgIpc) is 0. The van der Waals surface area contributed by atoms with Crippen LogP contribution in [0, 0.1) is 77.2 Å². The van der Waals surface area contributed by atoms with Crippen molar-refractivity contribution in [1.29, 1.82) is 0 Å². The molecule has 0 saturated carbocycles. The summed E-state index contributed by atoms with van der Waals surface area (Å²) in [7, 11) is 0. The molecule has 0 N–H and O–H groups in total. The van der Waals surface area contributed by atoms with Crippen molar-refractivity contribution in [2.75, 3.05) is 0 Å². The first-order valence-electron chi connectivity index (χ1n) is 0. The molecule has 0 aliphatic rings. The summed E-state index contributed by atoms with van der Waals surface area (Å²) < 4.78 is 0. The fraction of sp³-hybridized carbons (Fsp3) is 0. The van der Waals surface area contributed by atoms with E-state index in [4.69, 9.17) is 0 Å². The fourth-order valence-electron chi connectivity index (χ4n) is 0. The molecule has 0 saturated heterocycles. The van der Waals surface area contributed by atoms with Crippen LogP contribution >= 0.6 is 0 Å².